The Bertz CT molecular complexity index is 1020. The highest BCUT2D eigenvalue weighted by Gasteiger charge is 2.53. The van der Waals surface area contributed by atoms with Crippen LogP contribution in [0.3, 0.4) is 0 Å². The van der Waals surface area contributed by atoms with Gasteiger partial charge in [-0.25, -0.2) is 13.6 Å². The van der Waals surface area contributed by atoms with Crippen molar-refractivity contribution < 1.29 is 23.5 Å². The van der Waals surface area contributed by atoms with Crippen molar-refractivity contribution in [2.24, 2.45) is 17.3 Å². The van der Waals surface area contributed by atoms with E-state index in [1.165, 1.54) is 4.90 Å². The number of nitrogens with zero attached hydrogens (tertiary/aromatic N) is 1. The fraction of sp³-hybridized carbons (Fsp3) is 0.615. The van der Waals surface area contributed by atoms with E-state index in [1.807, 2.05) is 25.1 Å². The first kappa shape index (κ1) is 25.0. The smallest absolute Gasteiger partial charge is 0.322 e. The van der Waals surface area contributed by atoms with Gasteiger partial charge < -0.3 is 10.4 Å². The molecule has 1 aliphatic heterocycles. The molecule has 4 rings (SSSR count). The molecule has 0 saturated heterocycles. The normalized spacial score (nSPS) is 29.1. The zero-order valence-electron chi connectivity index (χ0n) is 20.1. The summed E-state index contributed by atoms with van der Waals surface area (Å²) in [7, 11) is 0. The lowest BCUT2D eigenvalue weighted by molar-refractivity contribution is -0.146. The van der Waals surface area contributed by atoms with Crippen LogP contribution < -0.4 is 5.32 Å². The molecule has 0 aromatic heterocycles. The summed E-state index contributed by atoms with van der Waals surface area (Å²) in [4.78, 5) is 25.8. The third kappa shape index (κ3) is 4.81. The van der Waals surface area contributed by atoms with Crippen molar-refractivity contribution in [2.75, 3.05) is 0 Å². The molecular weight excluding hydrogens is 462 g/mol. The van der Waals surface area contributed by atoms with Gasteiger partial charge in [0.05, 0.1) is 11.5 Å². The van der Waals surface area contributed by atoms with Crippen LogP contribution in [0.4, 0.5) is 13.6 Å². The second kappa shape index (κ2) is 8.51. The Kier molecular flexibility index (Phi) is 6.24. The van der Waals surface area contributed by atoms with E-state index in [4.69, 9.17) is 11.6 Å². The number of alkyl halides is 2. The van der Waals surface area contributed by atoms with E-state index < -0.39 is 23.3 Å². The number of halogens is 3. The van der Waals surface area contributed by atoms with Gasteiger partial charge in [-0.15, -0.1) is 0 Å². The van der Waals surface area contributed by atoms with Gasteiger partial charge in [0, 0.05) is 30.1 Å². The summed E-state index contributed by atoms with van der Waals surface area (Å²) in [6.07, 6.45) is 3.68. The number of amides is 2. The maximum atomic E-state index is 13.8. The van der Waals surface area contributed by atoms with Crippen molar-refractivity contribution in [1.82, 2.24) is 10.2 Å². The van der Waals surface area contributed by atoms with E-state index in [2.05, 4.69) is 26.1 Å². The standard InChI is InChI=1S/C26H33ClF2N2O3/c1-24(2,3)8-7-15-5-6-18(11-21(15)27)25(4)20(17-12-26(28,29)13-17)14-31(23(34)30-25)19-9-16(10-19)22(32)33/h5-6,11,14,16-17,19H,7-10,12-13H2,1-4H3,(H,30,34)(H,32,33)/t16-,19-,25-/m0/s1. The van der Waals surface area contributed by atoms with Crippen molar-refractivity contribution in [3.8, 4) is 0 Å². The van der Waals surface area contributed by atoms with Crippen molar-refractivity contribution >= 4 is 23.6 Å². The average molecular weight is 495 g/mol. The molecule has 2 saturated carbocycles. The molecule has 1 aromatic carbocycles. The Morgan fingerprint density at radius 2 is 1.91 bits per heavy atom. The van der Waals surface area contributed by atoms with Gasteiger partial charge in [0.1, 0.15) is 0 Å². The Hall–Kier alpha value is -2.15. The number of urea groups is 1. The van der Waals surface area contributed by atoms with Crippen LogP contribution in [0.15, 0.2) is 30.0 Å². The highest BCUT2D eigenvalue weighted by atomic mass is 35.5. The van der Waals surface area contributed by atoms with E-state index in [0.717, 1.165) is 29.5 Å². The van der Waals surface area contributed by atoms with Crippen LogP contribution in [0.25, 0.3) is 0 Å². The van der Waals surface area contributed by atoms with Gasteiger partial charge in [-0.2, -0.15) is 0 Å². The van der Waals surface area contributed by atoms with Crippen LogP contribution in [0.5, 0.6) is 0 Å². The summed E-state index contributed by atoms with van der Waals surface area (Å²) >= 11 is 6.63. The fourth-order valence-electron chi connectivity index (χ4n) is 5.18. The minimum atomic E-state index is -2.71. The molecule has 3 aliphatic rings. The van der Waals surface area contributed by atoms with Gasteiger partial charge in [-0.1, -0.05) is 44.5 Å². The first-order valence-corrected chi connectivity index (χ1v) is 12.3. The van der Waals surface area contributed by atoms with E-state index in [0.29, 0.717) is 17.9 Å². The summed E-state index contributed by atoms with van der Waals surface area (Å²) in [5.41, 5.74) is 1.68. The van der Waals surface area contributed by atoms with Gasteiger partial charge >= 0.3 is 12.0 Å². The zero-order chi connectivity index (χ0) is 25.1. The van der Waals surface area contributed by atoms with Gasteiger partial charge in [0.2, 0.25) is 5.92 Å². The third-order valence-electron chi connectivity index (χ3n) is 7.61. The Morgan fingerprint density at radius 3 is 2.44 bits per heavy atom. The molecule has 1 heterocycles. The monoisotopic (exact) mass is 494 g/mol. The molecule has 2 amide bonds. The van der Waals surface area contributed by atoms with Crippen LogP contribution in [0, 0.1) is 17.3 Å². The molecule has 2 aliphatic carbocycles. The van der Waals surface area contributed by atoms with E-state index in [1.54, 1.807) is 6.20 Å². The Balaban J connectivity index is 1.64. The van der Waals surface area contributed by atoms with Gasteiger partial charge in [0.15, 0.2) is 0 Å². The van der Waals surface area contributed by atoms with E-state index in [-0.39, 0.29) is 36.2 Å². The second-order valence-electron chi connectivity index (χ2n) is 11.5. The fourth-order valence-corrected chi connectivity index (χ4v) is 5.46. The molecule has 34 heavy (non-hydrogen) atoms. The lowest BCUT2D eigenvalue weighted by Crippen LogP contribution is -2.60. The molecule has 2 N–H and O–H groups in total. The number of hydrogen-bond donors (Lipinski definition) is 2. The highest BCUT2D eigenvalue weighted by molar-refractivity contribution is 6.31. The van der Waals surface area contributed by atoms with E-state index in [9.17, 15) is 23.5 Å². The van der Waals surface area contributed by atoms with Gasteiger partial charge in [-0.05, 0) is 66.7 Å². The predicted octanol–water partition coefficient (Wildman–Crippen LogP) is 6.35. The SMILES string of the molecule is CC(C)(C)CCc1ccc([C@]2(C)NC(=O)N([C@H]3C[C@H](C(=O)O)C3)C=C2C2CC(F)(F)C2)cc1Cl. The number of carbonyl (C=O) groups is 2. The minimum Gasteiger partial charge on any atom is -0.481 e. The predicted molar refractivity (Wildman–Crippen MR) is 127 cm³/mol. The van der Waals surface area contributed by atoms with Crippen molar-refractivity contribution in [3.05, 3.63) is 46.1 Å². The first-order valence-electron chi connectivity index (χ1n) is 11.9. The summed E-state index contributed by atoms with van der Waals surface area (Å²) in [5.74, 6) is -4.44. The van der Waals surface area contributed by atoms with Crippen LogP contribution >= 0.6 is 11.6 Å². The van der Waals surface area contributed by atoms with Crippen molar-refractivity contribution in [1.29, 1.82) is 0 Å². The first-order chi connectivity index (χ1) is 15.7. The molecule has 186 valence electrons. The van der Waals surface area contributed by atoms with Gasteiger partial charge in [0.25, 0.3) is 0 Å². The number of aliphatic carboxylic acids is 1. The minimum absolute atomic E-state index is 0.168. The zero-order valence-corrected chi connectivity index (χ0v) is 20.9. The van der Waals surface area contributed by atoms with Crippen LogP contribution in [-0.4, -0.2) is 34.0 Å². The number of carboxylic acid groups (broad SMARTS) is 1. The molecule has 0 radical (unpaired) electrons. The van der Waals surface area contributed by atoms with E-state index >= 15 is 0 Å². The molecule has 1 aromatic rings. The maximum Gasteiger partial charge on any atom is 0.322 e. The number of benzene rings is 1. The Labute approximate surface area is 204 Å². The summed E-state index contributed by atoms with van der Waals surface area (Å²) < 4.78 is 27.7. The largest absolute Gasteiger partial charge is 0.481 e. The molecule has 0 bridgehead atoms. The van der Waals surface area contributed by atoms with Crippen LogP contribution in [0.2, 0.25) is 5.02 Å². The molecule has 0 spiro atoms. The van der Waals surface area contributed by atoms with Crippen molar-refractivity contribution in [2.45, 2.75) is 83.7 Å². The molecular formula is C26H33ClF2N2O3. The number of carboxylic acids is 1. The Morgan fingerprint density at radius 1 is 1.26 bits per heavy atom. The van der Waals surface area contributed by atoms with Gasteiger partial charge in [-0.3, -0.25) is 9.69 Å². The number of nitrogens with one attached hydrogen (secondary N) is 1. The topological polar surface area (TPSA) is 69.6 Å². The number of aryl methyl sites for hydroxylation is 1. The summed E-state index contributed by atoms with van der Waals surface area (Å²) in [6.45, 7) is 8.36. The lowest BCUT2D eigenvalue weighted by atomic mass is 9.67. The summed E-state index contributed by atoms with van der Waals surface area (Å²) in [5, 5.41) is 12.8. The molecule has 8 heteroatoms. The quantitative estimate of drug-likeness (QED) is 0.484. The average Bonchev–Trinajstić information content (AvgIpc) is 2.64. The number of carbonyl (C=O) groups excluding carboxylic acids is 1. The van der Waals surface area contributed by atoms with Crippen LogP contribution in [0.1, 0.15) is 70.9 Å². The molecule has 5 nitrogen and oxygen atoms in total. The molecule has 2 fully saturated rings. The van der Waals surface area contributed by atoms with Crippen LogP contribution in [-0.2, 0) is 16.8 Å². The highest BCUT2D eigenvalue weighted by Crippen LogP contribution is 2.52. The number of hydrogen-bond acceptors (Lipinski definition) is 2. The second-order valence-corrected chi connectivity index (χ2v) is 11.9. The van der Waals surface area contributed by atoms with Crippen molar-refractivity contribution in [3.63, 3.8) is 0 Å². The molecule has 0 unspecified atom stereocenters. The molecule has 1 atom stereocenters. The maximum absolute atomic E-state index is 13.8. The summed E-state index contributed by atoms with van der Waals surface area (Å²) in [6, 6.07) is 5.13. The number of rotatable bonds is 6. The third-order valence-corrected chi connectivity index (χ3v) is 7.96. The lowest BCUT2D eigenvalue weighted by Gasteiger charge is -2.50.